The van der Waals surface area contributed by atoms with Crippen LogP contribution in [0.5, 0.6) is 0 Å². The van der Waals surface area contributed by atoms with Gasteiger partial charge in [0.25, 0.3) is 5.91 Å². The monoisotopic (exact) mass is 274 g/mol. The summed E-state index contributed by atoms with van der Waals surface area (Å²) in [5.74, 6) is 0.359. The topological polar surface area (TPSA) is 45.5 Å². The molecule has 0 bridgehead atoms. The fraction of sp³-hybridized carbons (Fsp3) is 0.267. The predicted octanol–water partition coefficient (Wildman–Crippen LogP) is 2.13. The van der Waals surface area contributed by atoms with Crippen LogP contribution < -0.4 is 5.32 Å². The van der Waals surface area contributed by atoms with Gasteiger partial charge in [-0.25, -0.2) is 4.39 Å². The quantitative estimate of drug-likeness (QED) is 0.912. The van der Waals surface area contributed by atoms with Crippen LogP contribution in [-0.4, -0.2) is 37.0 Å². The zero-order chi connectivity index (χ0) is 13.9. The van der Waals surface area contributed by atoms with Crippen molar-refractivity contribution in [3.63, 3.8) is 0 Å². The van der Waals surface area contributed by atoms with E-state index in [1.807, 2.05) is 0 Å². The number of amides is 1. The van der Waals surface area contributed by atoms with Gasteiger partial charge in [-0.1, -0.05) is 12.1 Å². The zero-order valence-corrected chi connectivity index (χ0v) is 10.9. The number of hydrogen-bond donors (Lipinski definition) is 1. The van der Waals surface area contributed by atoms with Gasteiger partial charge in [-0.2, -0.15) is 0 Å². The molecule has 1 aliphatic heterocycles. The number of carbonyl (C=O) groups is 1. The van der Waals surface area contributed by atoms with E-state index in [0.29, 0.717) is 30.2 Å². The maximum Gasteiger partial charge on any atom is 0.289 e. The summed E-state index contributed by atoms with van der Waals surface area (Å²) in [6, 6.07) is 9.47. The molecule has 0 atom stereocenters. The lowest BCUT2D eigenvalue weighted by molar-refractivity contribution is 0.0704. The van der Waals surface area contributed by atoms with Gasteiger partial charge in [-0.05, 0) is 24.3 Å². The molecule has 20 heavy (non-hydrogen) atoms. The summed E-state index contributed by atoms with van der Waals surface area (Å²) in [7, 11) is 0. The molecule has 1 fully saturated rings. The number of rotatable bonds is 2. The fourth-order valence-corrected chi connectivity index (χ4v) is 2.27. The maximum atomic E-state index is 13.2. The molecule has 2 aromatic rings. The third-order valence-electron chi connectivity index (χ3n) is 3.33. The fourth-order valence-electron chi connectivity index (χ4n) is 2.27. The van der Waals surface area contributed by atoms with E-state index in [9.17, 15) is 9.18 Å². The summed E-state index contributed by atoms with van der Waals surface area (Å²) < 4.78 is 18.7. The minimum absolute atomic E-state index is 0.117. The Kier molecular flexibility index (Phi) is 3.52. The SMILES string of the molecule is O=C(c1ccc(-c2cccc(F)c2)o1)N1CCNCC1. The van der Waals surface area contributed by atoms with E-state index in [1.54, 1.807) is 29.2 Å². The summed E-state index contributed by atoms with van der Waals surface area (Å²) in [5.41, 5.74) is 0.629. The highest BCUT2D eigenvalue weighted by molar-refractivity contribution is 5.92. The van der Waals surface area contributed by atoms with Crippen molar-refractivity contribution in [2.45, 2.75) is 0 Å². The zero-order valence-electron chi connectivity index (χ0n) is 10.9. The van der Waals surface area contributed by atoms with Crippen LogP contribution >= 0.6 is 0 Å². The van der Waals surface area contributed by atoms with Crippen molar-refractivity contribution >= 4 is 5.91 Å². The molecule has 5 heteroatoms. The number of halogens is 1. The first-order valence-electron chi connectivity index (χ1n) is 6.60. The van der Waals surface area contributed by atoms with E-state index in [4.69, 9.17) is 4.42 Å². The molecule has 1 aliphatic rings. The van der Waals surface area contributed by atoms with Crippen molar-refractivity contribution in [2.24, 2.45) is 0 Å². The second-order valence-electron chi connectivity index (χ2n) is 4.72. The van der Waals surface area contributed by atoms with Gasteiger partial charge >= 0.3 is 0 Å². The van der Waals surface area contributed by atoms with Crippen molar-refractivity contribution in [3.8, 4) is 11.3 Å². The highest BCUT2D eigenvalue weighted by Gasteiger charge is 2.21. The number of carbonyl (C=O) groups excluding carboxylic acids is 1. The summed E-state index contributed by atoms with van der Waals surface area (Å²) in [6.07, 6.45) is 0. The molecule has 4 nitrogen and oxygen atoms in total. The molecule has 104 valence electrons. The van der Waals surface area contributed by atoms with E-state index < -0.39 is 0 Å². The average Bonchev–Trinajstić information content (AvgIpc) is 2.97. The summed E-state index contributed by atoms with van der Waals surface area (Å²) >= 11 is 0. The largest absolute Gasteiger partial charge is 0.451 e. The number of nitrogens with zero attached hydrogens (tertiary/aromatic N) is 1. The highest BCUT2D eigenvalue weighted by atomic mass is 19.1. The molecule has 1 saturated heterocycles. The lowest BCUT2D eigenvalue weighted by atomic mass is 10.2. The second-order valence-corrected chi connectivity index (χ2v) is 4.72. The Labute approximate surface area is 116 Å². The Morgan fingerprint density at radius 1 is 1.20 bits per heavy atom. The van der Waals surface area contributed by atoms with E-state index in [0.717, 1.165) is 13.1 Å². The van der Waals surface area contributed by atoms with E-state index in [2.05, 4.69) is 5.32 Å². The second kappa shape index (κ2) is 5.46. The predicted molar refractivity (Wildman–Crippen MR) is 72.9 cm³/mol. The standard InChI is InChI=1S/C15H15FN2O2/c16-12-3-1-2-11(10-12)13-4-5-14(20-13)15(19)18-8-6-17-7-9-18/h1-5,10,17H,6-9H2. The minimum Gasteiger partial charge on any atom is -0.451 e. The first-order valence-corrected chi connectivity index (χ1v) is 6.60. The third-order valence-corrected chi connectivity index (χ3v) is 3.33. The van der Waals surface area contributed by atoms with Crippen molar-refractivity contribution in [3.05, 3.63) is 48.0 Å². The van der Waals surface area contributed by atoms with Crippen LogP contribution in [0, 0.1) is 5.82 Å². The summed E-state index contributed by atoms with van der Waals surface area (Å²) in [6.45, 7) is 2.94. The Bertz CT molecular complexity index is 618. The van der Waals surface area contributed by atoms with Crippen LogP contribution in [0.4, 0.5) is 4.39 Å². The molecule has 0 radical (unpaired) electrons. The lowest BCUT2D eigenvalue weighted by Gasteiger charge is -2.26. The van der Waals surface area contributed by atoms with Crippen LogP contribution in [0.1, 0.15) is 10.6 Å². The van der Waals surface area contributed by atoms with Gasteiger partial charge in [0.05, 0.1) is 0 Å². The molecule has 2 heterocycles. The molecular weight excluding hydrogens is 259 g/mol. The average molecular weight is 274 g/mol. The van der Waals surface area contributed by atoms with E-state index in [1.165, 1.54) is 12.1 Å². The maximum absolute atomic E-state index is 13.2. The number of hydrogen-bond acceptors (Lipinski definition) is 3. The first kappa shape index (κ1) is 12.9. The number of piperazine rings is 1. The van der Waals surface area contributed by atoms with Crippen molar-refractivity contribution in [1.82, 2.24) is 10.2 Å². The summed E-state index contributed by atoms with van der Waals surface area (Å²) in [5, 5.41) is 3.19. The molecular formula is C15H15FN2O2. The lowest BCUT2D eigenvalue weighted by Crippen LogP contribution is -2.46. The van der Waals surface area contributed by atoms with Crippen LogP contribution in [0.2, 0.25) is 0 Å². The van der Waals surface area contributed by atoms with Gasteiger partial charge in [-0.3, -0.25) is 4.79 Å². The number of nitrogens with one attached hydrogen (secondary N) is 1. The summed E-state index contributed by atoms with van der Waals surface area (Å²) in [4.78, 5) is 14.0. The number of benzene rings is 1. The van der Waals surface area contributed by atoms with Crippen LogP contribution in [-0.2, 0) is 0 Å². The van der Waals surface area contributed by atoms with Crippen LogP contribution in [0.3, 0.4) is 0 Å². The van der Waals surface area contributed by atoms with Gasteiger partial charge in [0, 0.05) is 31.7 Å². The van der Waals surface area contributed by atoms with Gasteiger partial charge < -0.3 is 14.6 Å². The van der Waals surface area contributed by atoms with Crippen LogP contribution in [0.15, 0.2) is 40.8 Å². The third kappa shape index (κ3) is 2.58. The smallest absolute Gasteiger partial charge is 0.289 e. The normalized spacial score (nSPS) is 15.3. The molecule has 0 saturated carbocycles. The van der Waals surface area contributed by atoms with Crippen LogP contribution in [0.25, 0.3) is 11.3 Å². The Hall–Kier alpha value is -2.14. The Morgan fingerprint density at radius 3 is 2.75 bits per heavy atom. The molecule has 0 spiro atoms. The molecule has 1 aromatic heterocycles. The molecule has 3 rings (SSSR count). The Balaban J connectivity index is 1.81. The van der Waals surface area contributed by atoms with Crippen molar-refractivity contribution in [1.29, 1.82) is 0 Å². The Morgan fingerprint density at radius 2 is 2.00 bits per heavy atom. The molecule has 0 aliphatic carbocycles. The minimum atomic E-state index is -0.325. The highest BCUT2D eigenvalue weighted by Crippen LogP contribution is 2.23. The van der Waals surface area contributed by atoms with Gasteiger partial charge in [0.1, 0.15) is 11.6 Å². The molecule has 1 amide bonds. The first-order chi connectivity index (χ1) is 9.74. The van der Waals surface area contributed by atoms with E-state index in [-0.39, 0.29) is 11.7 Å². The molecule has 1 N–H and O–H groups in total. The van der Waals surface area contributed by atoms with Crippen molar-refractivity contribution in [2.75, 3.05) is 26.2 Å². The van der Waals surface area contributed by atoms with Gasteiger partial charge in [0.15, 0.2) is 5.76 Å². The number of furan rings is 1. The van der Waals surface area contributed by atoms with Gasteiger partial charge in [0.2, 0.25) is 0 Å². The van der Waals surface area contributed by atoms with E-state index >= 15 is 0 Å². The molecule has 1 aromatic carbocycles. The van der Waals surface area contributed by atoms with Gasteiger partial charge in [-0.15, -0.1) is 0 Å². The van der Waals surface area contributed by atoms with Crippen molar-refractivity contribution < 1.29 is 13.6 Å². The molecule has 0 unspecified atom stereocenters.